The van der Waals surface area contributed by atoms with Crippen molar-refractivity contribution < 1.29 is 14.3 Å². The van der Waals surface area contributed by atoms with Gasteiger partial charge in [0.1, 0.15) is 11.8 Å². The molecule has 3 rings (SSSR count). The second kappa shape index (κ2) is 5.71. The molecular formula is C16H18N2O3. The number of ether oxygens (including phenoxy) is 2. The number of hydrogen-bond acceptors (Lipinski definition) is 5. The summed E-state index contributed by atoms with van der Waals surface area (Å²) in [6.45, 7) is 0. The molecule has 2 unspecified atom stereocenters. The molecule has 0 radical (unpaired) electrons. The predicted octanol–water partition coefficient (Wildman–Crippen LogP) is 1.93. The largest absolute Gasteiger partial charge is 0.496 e. The van der Waals surface area contributed by atoms with Gasteiger partial charge < -0.3 is 9.47 Å². The summed E-state index contributed by atoms with van der Waals surface area (Å²) < 4.78 is 10.3. The monoisotopic (exact) mass is 286 g/mol. The maximum Gasteiger partial charge on any atom is 0.324 e. The molecule has 110 valence electrons. The molecule has 0 aromatic heterocycles. The topological polar surface area (TPSA) is 59.6 Å². The van der Waals surface area contributed by atoms with Crippen molar-refractivity contribution in [2.75, 3.05) is 14.2 Å². The molecule has 1 saturated heterocycles. The standard InChI is InChI=1S/C16H18N2O3/c1-20-14-8-7-10-5-3-4-6-11(10)15(14)12-9-13(18-17-12)16(19)21-2/h3-8,12-13,17-18H,9H2,1-2H3. The minimum Gasteiger partial charge on any atom is -0.496 e. The van der Waals surface area contributed by atoms with Crippen molar-refractivity contribution in [3.8, 4) is 5.75 Å². The Bertz CT molecular complexity index is 672. The van der Waals surface area contributed by atoms with Crippen LogP contribution in [0.3, 0.4) is 0 Å². The van der Waals surface area contributed by atoms with E-state index in [1.54, 1.807) is 7.11 Å². The molecule has 1 aliphatic rings. The van der Waals surface area contributed by atoms with Crippen LogP contribution in [0.2, 0.25) is 0 Å². The first kappa shape index (κ1) is 13.9. The zero-order chi connectivity index (χ0) is 14.8. The first-order valence-corrected chi connectivity index (χ1v) is 6.89. The third kappa shape index (κ3) is 2.46. The Hall–Kier alpha value is -2.11. The van der Waals surface area contributed by atoms with Crippen LogP contribution in [-0.2, 0) is 9.53 Å². The molecule has 1 heterocycles. The van der Waals surface area contributed by atoms with Gasteiger partial charge in [-0.25, -0.2) is 10.9 Å². The van der Waals surface area contributed by atoms with Crippen LogP contribution in [0.4, 0.5) is 0 Å². The molecular weight excluding hydrogens is 268 g/mol. The summed E-state index contributed by atoms with van der Waals surface area (Å²) in [5.74, 6) is 0.558. The number of esters is 1. The summed E-state index contributed by atoms with van der Waals surface area (Å²) in [4.78, 5) is 11.7. The molecule has 5 heteroatoms. The van der Waals surface area contributed by atoms with Gasteiger partial charge in [-0.15, -0.1) is 0 Å². The molecule has 2 N–H and O–H groups in total. The van der Waals surface area contributed by atoms with Crippen molar-refractivity contribution in [3.63, 3.8) is 0 Å². The van der Waals surface area contributed by atoms with E-state index in [4.69, 9.17) is 9.47 Å². The lowest BCUT2D eigenvalue weighted by molar-refractivity contribution is -0.142. The smallest absolute Gasteiger partial charge is 0.324 e. The first-order valence-electron chi connectivity index (χ1n) is 6.89. The van der Waals surface area contributed by atoms with Gasteiger partial charge in [0.15, 0.2) is 0 Å². The minimum absolute atomic E-state index is 0.00449. The number of rotatable bonds is 3. The Labute approximate surface area is 123 Å². The van der Waals surface area contributed by atoms with Gasteiger partial charge in [-0.05, 0) is 23.3 Å². The summed E-state index contributed by atoms with van der Waals surface area (Å²) in [5, 5.41) is 2.28. The molecule has 0 amide bonds. The zero-order valence-electron chi connectivity index (χ0n) is 12.1. The lowest BCUT2D eigenvalue weighted by Crippen LogP contribution is -2.36. The van der Waals surface area contributed by atoms with Gasteiger partial charge in [-0.2, -0.15) is 0 Å². The van der Waals surface area contributed by atoms with E-state index in [9.17, 15) is 4.79 Å². The fourth-order valence-electron chi connectivity index (χ4n) is 2.86. The summed E-state index contributed by atoms with van der Waals surface area (Å²) in [7, 11) is 3.06. The molecule has 0 spiro atoms. The molecule has 5 nitrogen and oxygen atoms in total. The number of nitrogens with one attached hydrogen (secondary N) is 2. The second-order valence-corrected chi connectivity index (χ2v) is 5.06. The average Bonchev–Trinajstić information content (AvgIpc) is 3.02. The fourth-order valence-corrected chi connectivity index (χ4v) is 2.86. The van der Waals surface area contributed by atoms with Crippen molar-refractivity contribution in [2.24, 2.45) is 0 Å². The van der Waals surface area contributed by atoms with Crippen molar-refractivity contribution in [1.29, 1.82) is 0 Å². The van der Waals surface area contributed by atoms with Crippen LogP contribution >= 0.6 is 0 Å². The van der Waals surface area contributed by atoms with E-state index in [2.05, 4.69) is 23.0 Å². The predicted molar refractivity (Wildman–Crippen MR) is 79.9 cm³/mol. The molecule has 2 aromatic carbocycles. The number of methoxy groups -OCH3 is 2. The average molecular weight is 286 g/mol. The maximum absolute atomic E-state index is 11.7. The van der Waals surface area contributed by atoms with Gasteiger partial charge in [-0.1, -0.05) is 30.3 Å². The highest BCUT2D eigenvalue weighted by Crippen LogP contribution is 2.36. The quantitative estimate of drug-likeness (QED) is 0.844. The fraction of sp³-hybridized carbons (Fsp3) is 0.312. The Morgan fingerprint density at radius 3 is 2.71 bits per heavy atom. The van der Waals surface area contributed by atoms with E-state index < -0.39 is 0 Å². The number of benzene rings is 2. The van der Waals surface area contributed by atoms with Crippen LogP contribution in [0, 0.1) is 0 Å². The van der Waals surface area contributed by atoms with Crippen LogP contribution < -0.4 is 15.6 Å². The summed E-state index contributed by atoms with van der Waals surface area (Å²) in [6, 6.07) is 11.8. The molecule has 0 bridgehead atoms. The lowest BCUT2D eigenvalue weighted by atomic mass is 9.95. The van der Waals surface area contributed by atoms with Gasteiger partial charge in [0.05, 0.1) is 20.3 Å². The molecule has 2 aromatic rings. The molecule has 1 aliphatic heterocycles. The number of carbonyl (C=O) groups excluding carboxylic acids is 1. The number of hydrazine groups is 1. The summed E-state index contributed by atoms with van der Waals surface area (Å²) >= 11 is 0. The molecule has 0 saturated carbocycles. The van der Waals surface area contributed by atoms with E-state index in [0.29, 0.717) is 6.42 Å². The van der Waals surface area contributed by atoms with Gasteiger partial charge in [0, 0.05) is 5.56 Å². The normalized spacial score (nSPS) is 21.4. The molecule has 1 fully saturated rings. The van der Waals surface area contributed by atoms with Gasteiger partial charge in [-0.3, -0.25) is 4.79 Å². The highest BCUT2D eigenvalue weighted by Gasteiger charge is 2.33. The maximum atomic E-state index is 11.7. The minimum atomic E-state index is -0.344. The van der Waals surface area contributed by atoms with E-state index in [0.717, 1.165) is 22.1 Å². The summed E-state index contributed by atoms with van der Waals surface area (Å²) in [6.07, 6.45) is 0.622. The zero-order valence-corrected chi connectivity index (χ0v) is 12.1. The summed E-state index contributed by atoms with van der Waals surface area (Å²) in [5.41, 5.74) is 7.23. The van der Waals surface area contributed by atoms with Crippen molar-refractivity contribution in [2.45, 2.75) is 18.5 Å². The third-order valence-electron chi connectivity index (χ3n) is 3.89. The van der Waals surface area contributed by atoms with Crippen molar-refractivity contribution in [1.82, 2.24) is 10.9 Å². The van der Waals surface area contributed by atoms with Gasteiger partial charge >= 0.3 is 5.97 Å². The Balaban J connectivity index is 2.02. The molecule has 2 atom stereocenters. The number of hydrogen-bond donors (Lipinski definition) is 2. The second-order valence-electron chi connectivity index (χ2n) is 5.06. The lowest BCUT2D eigenvalue weighted by Gasteiger charge is -2.17. The van der Waals surface area contributed by atoms with Gasteiger partial charge in [0.2, 0.25) is 0 Å². The Kier molecular flexibility index (Phi) is 3.77. The van der Waals surface area contributed by atoms with E-state index >= 15 is 0 Å². The van der Waals surface area contributed by atoms with Crippen LogP contribution in [0.5, 0.6) is 5.75 Å². The highest BCUT2D eigenvalue weighted by molar-refractivity contribution is 5.88. The van der Waals surface area contributed by atoms with Crippen LogP contribution in [0.1, 0.15) is 18.0 Å². The SMILES string of the molecule is COC(=O)C1CC(c2c(OC)ccc3ccccc23)NN1. The van der Waals surface area contributed by atoms with E-state index in [1.807, 2.05) is 24.3 Å². The Morgan fingerprint density at radius 2 is 1.95 bits per heavy atom. The van der Waals surface area contributed by atoms with Crippen LogP contribution in [0.15, 0.2) is 36.4 Å². The van der Waals surface area contributed by atoms with Crippen LogP contribution in [-0.4, -0.2) is 26.2 Å². The van der Waals surface area contributed by atoms with E-state index in [-0.39, 0.29) is 18.1 Å². The number of carbonyl (C=O) groups is 1. The van der Waals surface area contributed by atoms with Crippen LogP contribution in [0.25, 0.3) is 10.8 Å². The molecule has 21 heavy (non-hydrogen) atoms. The third-order valence-corrected chi connectivity index (χ3v) is 3.89. The molecule has 0 aliphatic carbocycles. The van der Waals surface area contributed by atoms with Crippen molar-refractivity contribution >= 4 is 16.7 Å². The van der Waals surface area contributed by atoms with Gasteiger partial charge in [0.25, 0.3) is 0 Å². The number of fused-ring (bicyclic) bond motifs is 1. The Morgan fingerprint density at radius 1 is 1.14 bits per heavy atom. The highest BCUT2D eigenvalue weighted by atomic mass is 16.5. The van der Waals surface area contributed by atoms with Crippen molar-refractivity contribution in [3.05, 3.63) is 42.0 Å². The first-order chi connectivity index (χ1) is 10.2. The van der Waals surface area contributed by atoms with E-state index in [1.165, 1.54) is 7.11 Å².